The van der Waals surface area contributed by atoms with Crippen molar-refractivity contribution in [3.8, 4) is 6.01 Å². The van der Waals surface area contributed by atoms with Crippen LogP contribution in [0, 0.1) is 0 Å². The summed E-state index contributed by atoms with van der Waals surface area (Å²) in [4.78, 5) is 10.2. The minimum atomic E-state index is 0.0547. The van der Waals surface area contributed by atoms with Crippen molar-refractivity contribution in [1.29, 1.82) is 0 Å². The molecule has 0 aliphatic carbocycles. The van der Waals surface area contributed by atoms with E-state index in [0.29, 0.717) is 17.4 Å². The van der Waals surface area contributed by atoms with Crippen molar-refractivity contribution in [2.24, 2.45) is 0 Å². The van der Waals surface area contributed by atoms with E-state index in [4.69, 9.17) is 16.3 Å². The quantitative estimate of drug-likeness (QED) is 0.825. The molecule has 0 aromatic carbocycles. The predicted molar refractivity (Wildman–Crippen MR) is 72.4 cm³/mol. The van der Waals surface area contributed by atoms with Crippen LogP contribution in [0.1, 0.15) is 26.7 Å². The molecule has 102 valence electrons. The fourth-order valence-corrected chi connectivity index (χ4v) is 2.14. The molecule has 1 rings (SSSR count). The van der Waals surface area contributed by atoms with Crippen LogP contribution in [0.4, 0.5) is 5.82 Å². The lowest BCUT2D eigenvalue weighted by molar-refractivity contribution is 0.295. The lowest BCUT2D eigenvalue weighted by Crippen LogP contribution is -2.37. The average molecular weight is 274 g/mol. The molecule has 5 nitrogen and oxygen atoms in total. The van der Waals surface area contributed by atoms with Crippen LogP contribution in [0.5, 0.6) is 6.01 Å². The summed E-state index contributed by atoms with van der Waals surface area (Å²) >= 11 is 6.14. The summed E-state index contributed by atoms with van der Waals surface area (Å²) in [5.41, 5.74) is 0. The maximum absolute atomic E-state index is 9.20. The van der Waals surface area contributed by atoms with Crippen LogP contribution in [-0.4, -0.2) is 41.4 Å². The minimum Gasteiger partial charge on any atom is -0.467 e. The normalized spacial score (nSPS) is 10.8. The number of rotatable bonds is 7. The maximum atomic E-state index is 9.20. The van der Waals surface area contributed by atoms with Crippen LogP contribution in [-0.2, 0) is 0 Å². The Morgan fingerprint density at radius 2 is 2.11 bits per heavy atom. The molecule has 18 heavy (non-hydrogen) atoms. The zero-order valence-corrected chi connectivity index (χ0v) is 11.8. The third-order valence-corrected chi connectivity index (χ3v) is 3.15. The molecule has 0 bridgehead atoms. The first-order chi connectivity index (χ1) is 8.67. The van der Waals surface area contributed by atoms with Gasteiger partial charge in [-0.25, -0.2) is 4.98 Å². The van der Waals surface area contributed by atoms with Gasteiger partial charge < -0.3 is 14.7 Å². The zero-order chi connectivity index (χ0) is 13.5. The van der Waals surface area contributed by atoms with Gasteiger partial charge in [0.05, 0.1) is 19.9 Å². The van der Waals surface area contributed by atoms with Crippen LogP contribution >= 0.6 is 11.6 Å². The Hall–Kier alpha value is -1.07. The maximum Gasteiger partial charge on any atom is 0.318 e. The van der Waals surface area contributed by atoms with Gasteiger partial charge in [0.25, 0.3) is 0 Å². The number of aliphatic hydroxyl groups is 1. The highest BCUT2D eigenvalue weighted by atomic mass is 35.5. The van der Waals surface area contributed by atoms with Crippen molar-refractivity contribution in [1.82, 2.24) is 9.97 Å². The molecular formula is C12H20ClN3O2. The van der Waals surface area contributed by atoms with E-state index >= 15 is 0 Å². The number of halogens is 1. The second-order valence-corrected chi connectivity index (χ2v) is 4.32. The molecule has 0 saturated carbocycles. The van der Waals surface area contributed by atoms with Crippen LogP contribution < -0.4 is 9.64 Å². The van der Waals surface area contributed by atoms with Gasteiger partial charge in [0.15, 0.2) is 5.82 Å². The molecule has 1 N–H and O–H groups in total. The van der Waals surface area contributed by atoms with Crippen molar-refractivity contribution < 1.29 is 9.84 Å². The number of aromatic nitrogens is 2. The van der Waals surface area contributed by atoms with Crippen LogP contribution in [0.3, 0.4) is 0 Å². The summed E-state index contributed by atoms with van der Waals surface area (Å²) in [5.74, 6) is 0.617. The summed E-state index contributed by atoms with van der Waals surface area (Å²) in [6.07, 6.45) is 3.44. The van der Waals surface area contributed by atoms with E-state index in [2.05, 4.69) is 23.8 Å². The monoisotopic (exact) mass is 273 g/mol. The lowest BCUT2D eigenvalue weighted by Gasteiger charge is -2.31. The second kappa shape index (κ2) is 7.38. The van der Waals surface area contributed by atoms with Crippen molar-refractivity contribution >= 4 is 17.4 Å². The highest BCUT2D eigenvalue weighted by Gasteiger charge is 2.20. The highest BCUT2D eigenvalue weighted by Crippen LogP contribution is 2.27. The van der Waals surface area contributed by atoms with Gasteiger partial charge in [0.2, 0.25) is 0 Å². The molecule has 0 fully saturated rings. The van der Waals surface area contributed by atoms with E-state index in [1.54, 1.807) is 0 Å². The number of methoxy groups -OCH3 is 1. The number of hydrogen-bond donors (Lipinski definition) is 1. The van der Waals surface area contributed by atoms with Crippen molar-refractivity contribution in [2.75, 3.05) is 25.2 Å². The molecule has 1 heterocycles. The Kier molecular flexibility index (Phi) is 6.15. The molecule has 0 amide bonds. The Labute approximate surface area is 113 Å². The molecule has 0 saturated heterocycles. The van der Waals surface area contributed by atoms with Crippen LogP contribution in [0.25, 0.3) is 0 Å². The van der Waals surface area contributed by atoms with Gasteiger partial charge in [0.1, 0.15) is 5.02 Å². The molecule has 0 unspecified atom stereocenters. The molecule has 1 aromatic rings. The summed E-state index contributed by atoms with van der Waals surface area (Å²) in [6, 6.07) is 0.567. The molecule has 0 radical (unpaired) electrons. The molecule has 1 aromatic heterocycles. The van der Waals surface area contributed by atoms with Gasteiger partial charge in [-0.15, -0.1) is 0 Å². The summed E-state index contributed by atoms with van der Waals surface area (Å²) < 4.78 is 5.02. The van der Waals surface area contributed by atoms with Crippen molar-refractivity contribution in [3.05, 3.63) is 11.2 Å². The fourth-order valence-electron chi connectivity index (χ4n) is 1.94. The Balaban J connectivity index is 3.10. The molecule has 0 spiro atoms. The largest absolute Gasteiger partial charge is 0.467 e. The first-order valence-corrected chi connectivity index (χ1v) is 6.49. The molecular weight excluding hydrogens is 254 g/mol. The van der Waals surface area contributed by atoms with Crippen LogP contribution in [0.15, 0.2) is 6.20 Å². The van der Waals surface area contributed by atoms with Gasteiger partial charge in [-0.3, -0.25) is 0 Å². The standard InChI is InChI=1S/C12H20ClN3O2/c1-4-9(5-2)16(6-7-17)11-10(13)8-14-12(15-11)18-3/h8-9,17H,4-7H2,1-3H3. The molecule has 0 atom stereocenters. The summed E-state index contributed by atoms with van der Waals surface area (Å²) in [5, 5.41) is 9.66. The minimum absolute atomic E-state index is 0.0547. The van der Waals surface area contributed by atoms with Crippen LogP contribution in [0.2, 0.25) is 5.02 Å². The van der Waals surface area contributed by atoms with Gasteiger partial charge in [-0.2, -0.15) is 4.98 Å². The van der Waals surface area contributed by atoms with E-state index < -0.39 is 0 Å². The topological polar surface area (TPSA) is 58.5 Å². The zero-order valence-electron chi connectivity index (χ0n) is 11.1. The first kappa shape index (κ1) is 15.0. The Bertz CT molecular complexity index is 372. The van der Waals surface area contributed by atoms with E-state index in [1.807, 2.05) is 4.90 Å². The third-order valence-electron chi connectivity index (χ3n) is 2.88. The van der Waals surface area contributed by atoms with Crippen molar-refractivity contribution in [3.63, 3.8) is 0 Å². The highest BCUT2D eigenvalue weighted by molar-refractivity contribution is 6.32. The van der Waals surface area contributed by atoms with E-state index in [0.717, 1.165) is 12.8 Å². The second-order valence-electron chi connectivity index (χ2n) is 3.92. The predicted octanol–water partition coefficient (Wildman–Crippen LogP) is 2.13. The van der Waals surface area contributed by atoms with Gasteiger partial charge >= 0.3 is 6.01 Å². The lowest BCUT2D eigenvalue weighted by atomic mass is 10.1. The third kappa shape index (κ3) is 3.46. The van der Waals surface area contributed by atoms with E-state index in [9.17, 15) is 5.11 Å². The number of hydrogen-bond acceptors (Lipinski definition) is 5. The van der Waals surface area contributed by atoms with Gasteiger partial charge in [-0.1, -0.05) is 25.4 Å². The number of ether oxygens (including phenoxy) is 1. The van der Waals surface area contributed by atoms with Gasteiger partial charge in [0, 0.05) is 12.6 Å². The number of anilines is 1. The molecule has 6 heteroatoms. The fraction of sp³-hybridized carbons (Fsp3) is 0.667. The molecule has 0 aliphatic rings. The SMILES string of the molecule is CCC(CC)N(CCO)c1nc(OC)ncc1Cl. The summed E-state index contributed by atoms with van der Waals surface area (Å²) in [7, 11) is 1.51. The average Bonchev–Trinajstić information content (AvgIpc) is 2.40. The van der Waals surface area contributed by atoms with Crippen molar-refractivity contribution in [2.45, 2.75) is 32.7 Å². The first-order valence-electron chi connectivity index (χ1n) is 6.11. The molecule has 0 aliphatic heterocycles. The van der Waals surface area contributed by atoms with Gasteiger partial charge in [-0.05, 0) is 12.8 Å². The van der Waals surface area contributed by atoms with E-state index in [1.165, 1.54) is 13.3 Å². The Morgan fingerprint density at radius 1 is 1.44 bits per heavy atom. The van der Waals surface area contributed by atoms with E-state index in [-0.39, 0.29) is 18.7 Å². The summed E-state index contributed by atoms with van der Waals surface area (Å²) in [6.45, 7) is 4.75. The Morgan fingerprint density at radius 3 is 2.61 bits per heavy atom. The number of aliphatic hydroxyl groups excluding tert-OH is 1. The number of nitrogens with zero attached hydrogens (tertiary/aromatic N) is 3. The smallest absolute Gasteiger partial charge is 0.318 e.